The molecule has 1 amide bonds. The third-order valence-electron chi connectivity index (χ3n) is 3.16. The van der Waals surface area contributed by atoms with E-state index in [1.54, 1.807) is 30.3 Å². The van der Waals surface area contributed by atoms with Crippen LogP contribution in [0.25, 0.3) is 0 Å². The van der Waals surface area contributed by atoms with Crippen LogP contribution >= 0.6 is 15.9 Å². The Hall–Kier alpha value is -2.34. The largest absolute Gasteiger partial charge is 0.493 e. The minimum absolute atomic E-state index is 0.215. The molecule has 0 unspecified atom stereocenters. The molecule has 0 spiro atoms. The number of amides is 1. The molecule has 0 atom stereocenters. The van der Waals surface area contributed by atoms with Gasteiger partial charge in [-0.25, -0.2) is 4.39 Å². The van der Waals surface area contributed by atoms with Crippen LogP contribution in [-0.4, -0.2) is 19.6 Å². The summed E-state index contributed by atoms with van der Waals surface area (Å²) >= 11 is 3.22. The van der Waals surface area contributed by atoms with Gasteiger partial charge in [-0.05, 0) is 42.0 Å². The summed E-state index contributed by atoms with van der Waals surface area (Å²) < 4.78 is 24.6. The maximum Gasteiger partial charge on any atom is 0.251 e. The highest BCUT2D eigenvalue weighted by Gasteiger charge is 2.11. The van der Waals surface area contributed by atoms with Gasteiger partial charge < -0.3 is 14.8 Å². The molecule has 6 heteroatoms. The number of halogens is 2. The van der Waals surface area contributed by atoms with Gasteiger partial charge in [0.05, 0.1) is 7.11 Å². The number of hydrogen-bond donors (Lipinski definition) is 1. The fourth-order valence-corrected chi connectivity index (χ4v) is 2.59. The molecule has 2 aromatic rings. The second kappa shape index (κ2) is 8.49. The highest BCUT2D eigenvalue weighted by atomic mass is 79.9. The number of methoxy groups -OCH3 is 1. The molecular weight excluding hydrogens is 377 g/mol. The van der Waals surface area contributed by atoms with Crippen molar-refractivity contribution < 1.29 is 18.7 Å². The molecule has 0 saturated carbocycles. The highest BCUT2D eigenvalue weighted by molar-refractivity contribution is 9.10. The molecule has 2 aromatic carbocycles. The quantitative estimate of drug-likeness (QED) is 0.720. The fourth-order valence-electron chi connectivity index (χ4n) is 2.07. The molecule has 0 aliphatic heterocycles. The van der Waals surface area contributed by atoms with Crippen molar-refractivity contribution >= 4 is 21.8 Å². The Morgan fingerprint density at radius 1 is 1.29 bits per heavy atom. The van der Waals surface area contributed by atoms with E-state index in [0.717, 1.165) is 0 Å². The van der Waals surface area contributed by atoms with E-state index < -0.39 is 0 Å². The van der Waals surface area contributed by atoms with E-state index in [9.17, 15) is 9.18 Å². The number of carbonyl (C=O) groups is 1. The van der Waals surface area contributed by atoms with Gasteiger partial charge in [-0.1, -0.05) is 28.6 Å². The molecule has 0 bridgehead atoms. The minimum atomic E-state index is -0.362. The number of nitrogens with one attached hydrogen (secondary N) is 1. The van der Waals surface area contributed by atoms with E-state index in [4.69, 9.17) is 9.47 Å². The monoisotopic (exact) mass is 393 g/mol. The Morgan fingerprint density at radius 2 is 2.08 bits per heavy atom. The van der Waals surface area contributed by atoms with E-state index >= 15 is 0 Å². The Kier molecular flexibility index (Phi) is 6.37. The Labute approximate surface area is 148 Å². The fraction of sp³-hybridized carbons (Fsp3) is 0.167. The summed E-state index contributed by atoms with van der Waals surface area (Å²) in [5.74, 6) is 0.337. The molecule has 0 aliphatic rings. The smallest absolute Gasteiger partial charge is 0.251 e. The first kappa shape index (κ1) is 18.0. The molecular formula is C18H17BrFNO3. The first-order valence-electron chi connectivity index (χ1n) is 7.18. The maximum absolute atomic E-state index is 13.3. The molecule has 4 nitrogen and oxygen atoms in total. The molecule has 1 N–H and O–H groups in total. The molecule has 0 radical (unpaired) electrons. The molecule has 0 saturated heterocycles. The highest BCUT2D eigenvalue weighted by Crippen LogP contribution is 2.28. The number of rotatable bonds is 7. The summed E-state index contributed by atoms with van der Waals surface area (Å²) in [6.07, 6.45) is 1.62. The zero-order valence-electron chi connectivity index (χ0n) is 13.1. The number of hydrogen-bond acceptors (Lipinski definition) is 3. The maximum atomic E-state index is 13.3. The Balaban J connectivity index is 2.07. The van der Waals surface area contributed by atoms with Crippen LogP contribution in [0.1, 0.15) is 15.9 Å². The van der Waals surface area contributed by atoms with Crippen molar-refractivity contribution in [2.45, 2.75) is 6.54 Å². The lowest BCUT2D eigenvalue weighted by atomic mass is 10.1. The van der Waals surface area contributed by atoms with Gasteiger partial charge in [0.15, 0.2) is 11.5 Å². The van der Waals surface area contributed by atoms with Crippen LogP contribution in [0.2, 0.25) is 0 Å². The van der Waals surface area contributed by atoms with E-state index in [2.05, 4.69) is 27.8 Å². The zero-order chi connectivity index (χ0) is 17.5. The van der Waals surface area contributed by atoms with Gasteiger partial charge in [0.25, 0.3) is 5.91 Å². The van der Waals surface area contributed by atoms with Crippen LogP contribution < -0.4 is 14.8 Å². The molecule has 0 heterocycles. The van der Waals surface area contributed by atoms with Gasteiger partial charge in [0, 0.05) is 16.6 Å². The average molecular weight is 394 g/mol. The van der Waals surface area contributed by atoms with Crippen LogP contribution in [0.3, 0.4) is 0 Å². The summed E-state index contributed by atoms with van der Waals surface area (Å²) in [5.41, 5.74) is 1.08. The molecule has 0 aliphatic carbocycles. The van der Waals surface area contributed by atoms with Crippen molar-refractivity contribution in [1.29, 1.82) is 0 Å². The van der Waals surface area contributed by atoms with Crippen LogP contribution in [0.5, 0.6) is 11.5 Å². The third kappa shape index (κ3) is 4.83. The van der Waals surface area contributed by atoms with Gasteiger partial charge >= 0.3 is 0 Å². The van der Waals surface area contributed by atoms with Crippen molar-refractivity contribution in [3.8, 4) is 11.5 Å². The number of ether oxygens (including phenoxy) is 2. The van der Waals surface area contributed by atoms with Crippen molar-refractivity contribution in [3.05, 3.63) is 70.5 Å². The standard InChI is InChI=1S/C18H17BrFNO3/c1-3-6-24-16-5-4-13(9-17(16)23-2)18(22)21-11-12-7-14(19)10-15(20)8-12/h3-5,7-10H,1,6,11H2,2H3,(H,21,22). The van der Waals surface area contributed by atoms with Crippen LogP contribution in [0.15, 0.2) is 53.5 Å². The van der Waals surface area contributed by atoms with Gasteiger partial charge in [-0.2, -0.15) is 0 Å². The van der Waals surface area contributed by atoms with Crippen molar-refractivity contribution in [1.82, 2.24) is 5.32 Å². The zero-order valence-corrected chi connectivity index (χ0v) is 14.7. The number of carbonyl (C=O) groups excluding carboxylic acids is 1. The van der Waals surface area contributed by atoms with E-state index in [1.807, 2.05) is 0 Å². The van der Waals surface area contributed by atoms with Gasteiger partial charge in [-0.3, -0.25) is 4.79 Å². The lowest BCUT2D eigenvalue weighted by Crippen LogP contribution is -2.22. The molecule has 0 aromatic heterocycles. The van der Waals surface area contributed by atoms with Crippen molar-refractivity contribution in [2.75, 3.05) is 13.7 Å². The van der Waals surface area contributed by atoms with Gasteiger partial charge in [-0.15, -0.1) is 0 Å². The summed E-state index contributed by atoms with van der Waals surface area (Å²) in [6.45, 7) is 4.14. The van der Waals surface area contributed by atoms with Crippen LogP contribution in [0.4, 0.5) is 4.39 Å². The predicted molar refractivity (Wildman–Crippen MR) is 94.0 cm³/mol. The summed E-state index contributed by atoms with van der Waals surface area (Å²) in [5, 5.41) is 2.74. The third-order valence-corrected chi connectivity index (χ3v) is 3.62. The van der Waals surface area contributed by atoms with Crippen LogP contribution in [-0.2, 0) is 6.54 Å². The predicted octanol–water partition coefficient (Wildman–Crippen LogP) is 4.09. The van der Waals surface area contributed by atoms with Crippen LogP contribution in [0, 0.1) is 5.82 Å². The molecule has 126 valence electrons. The summed E-state index contributed by atoms with van der Waals surface area (Å²) in [4.78, 5) is 12.3. The normalized spacial score (nSPS) is 10.1. The average Bonchev–Trinajstić information content (AvgIpc) is 2.56. The first-order valence-corrected chi connectivity index (χ1v) is 7.97. The van der Waals surface area contributed by atoms with E-state index in [0.29, 0.717) is 33.7 Å². The van der Waals surface area contributed by atoms with Crippen molar-refractivity contribution in [2.24, 2.45) is 0 Å². The minimum Gasteiger partial charge on any atom is -0.493 e. The molecule has 24 heavy (non-hydrogen) atoms. The topological polar surface area (TPSA) is 47.6 Å². The van der Waals surface area contributed by atoms with Crippen molar-refractivity contribution in [3.63, 3.8) is 0 Å². The number of benzene rings is 2. The van der Waals surface area contributed by atoms with Gasteiger partial charge in [0.1, 0.15) is 12.4 Å². The summed E-state index contributed by atoms with van der Waals surface area (Å²) in [7, 11) is 1.50. The second-order valence-electron chi connectivity index (χ2n) is 4.93. The molecule has 0 fully saturated rings. The Morgan fingerprint density at radius 3 is 2.75 bits per heavy atom. The first-order chi connectivity index (χ1) is 11.5. The van der Waals surface area contributed by atoms with Gasteiger partial charge in [0.2, 0.25) is 0 Å². The van der Waals surface area contributed by atoms with E-state index in [-0.39, 0.29) is 18.3 Å². The SMILES string of the molecule is C=CCOc1ccc(C(=O)NCc2cc(F)cc(Br)c2)cc1OC. The lowest BCUT2D eigenvalue weighted by Gasteiger charge is -2.11. The molecule has 2 rings (SSSR count). The lowest BCUT2D eigenvalue weighted by molar-refractivity contribution is 0.0950. The van der Waals surface area contributed by atoms with E-state index in [1.165, 1.54) is 19.2 Å². The summed E-state index contributed by atoms with van der Waals surface area (Å²) in [6, 6.07) is 9.37. The Bertz CT molecular complexity index is 729. The second-order valence-corrected chi connectivity index (χ2v) is 5.84.